The van der Waals surface area contributed by atoms with Gasteiger partial charge in [-0.3, -0.25) is 9.59 Å². The van der Waals surface area contributed by atoms with Crippen LogP contribution in [0.1, 0.15) is 33.2 Å². The fourth-order valence-corrected chi connectivity index (χ4v) is 3.45. The lowest BCUT2D eigenvalue weighted by atomic mass is 10.1. The van der Waals surface area contributed by atoms with E-state index in [1.54, 1.807) is 55.5 Å². The predicted octanol–water partition coefficient (Wildman–Crippen LogP) is 6.06. The van der Waals surface area contributed by atoms with E-state index in [0.29, 0.717) is 32.8 Å². The zero-order valence-corrected chi connectivity index (χ0v) is 19.3. The highest BCUT2D eigenvalue weighted by molar-refractivity contribution is 6.37. The Labute approximate surface area is 200 Å². The molecule has 2 N–H and O–H groups in total. The highest BCUT2D eigenvalue weighted by Crippen LogP contribution is 2.23. The maximum absolute atomic E-state index is 12.4. The number of carbonyl (C=O) groups is 2. The molecule has 164 valence electrons. The van der Waals surface area contributed by atoms with E-state index in [2.05, 4.69) is 15.8 Å². The Morgan fingerprint density at radius 2 is 1.50 bits per heavy atom. The minimum absolute atomic E-state index is 0.265. The molecule has 0 aliphatic heterocycles. The van der Waals surface area contributed by atoms with Gasteiger partial charge in [0.2, 0.25) is 0 Å². The first-order valence-corrected chi connectivity index (χ1v) is 10.5. The largest absolute Gasteiger partial charge is 0.496 e. The van der Waals surface area contributed by atoms with Gasteiger partial charge in [-0.1, -0.05) is 46.9 Å². The standard InChI is InChI=1S/C23H18Cl3N3O3/c1-13(28-29-23(31)19-11-15(24)6-10-21(19)32-2)14-3-7-17(8-4-14)27-22(30)18-9-5-16(25)12-20(18)26/h3-12H,1-2H3,(H,27,30)(H,29,31)/b28-13+. The summed E-state index contributed by atoms with van der Waals surface area (Å²) >= 11 is 17.9. The van der Waals surface area contributed by atoms with Crippen molar-refractivity contribution in [2.24, 2.45) is 5.10 Å². The van der Waals surface area contributed by atoms with Gasteiger partial charge in [0.25, 0.3) is 11.8 Å². The number of hydrogen-bond acceptors (Lipinski definition) is 4. The summed E-state index contributed by atoms with van der Waals surface area (Å²) in [5.74, 6) is -0.416. The van der Waals surface area contributed by atoms with Crippen LogP contribution < -0.4 is 15.5 Å². The van der Waals surface area contributed by atoms with Gasteiger partial charge in [-0.25, -0.2) is 5.43 Å². The van der Waals surface area contributed by atoms with Crippen molar-refractivity contribution >= 4 is 58.0 Å². The number of rotatable bonds is 6. The Morgan fingerprint density at radius 3 is 2.16 bits per heavy atom. The second-order valence-corrected chi connectivity index (χ2v) is 7.92. The van der Waals surface area contributed by atoms with Gasteiger partial charge in [0, 0.05) is 15.7 Å². The van der Waals surface area contributed by atoms with Gasteiger partial charge in [0.1, 0.15) is 5.75 Å². The quantitative estimate of drug-likeness (QED) is 0.325. The fraction of sp³-hybridized carbons (Fsp3) is 0.0870. The lowest BCUT2D eigenvalue weighted by molar-refractivity contribution is 0.0951. The summed E-state index contributed by atoms with van der Waals surface area (Å²) in [5.41, 5.74) is 4.98. The summed E-state index contributed by atoms with van der Waals surface area (Å²) in [6, 6.07) is 16.4. The molecule has 9 heteroatoms. The molecule has 0 aliphatic rings. The highest BCUT2D eigenvalue weighted by atomic mass is 35.5. The Kier molecular flexibility index (Phi) is 7.75. The SMILES string of the molecule is COc1ccc(Cl)cc1C(=O)N/N=C(\C)c1ccc(NC(=O)c2ccc(Cl)cc2Cl)cc1. The van der Waals surface area contributed by atoms with Gasteiger partial charge >= 0.3 is 0 Å². The molecule has 3 aromatic rings. The van der Waals surface area contributed by atoms with Gasteiger partial charge in [0.15, 0.2) is 0 Å². The third-order valence-corrected chi connectivity index (χ3v) is 5.25. The number of benzene rings is 3. The molecular formula is C23H18Cl3N3O3. The third kappa shape index (κ3) is 5.79. The van der Waals surface area contributed by atoms with Crippen LogP contribution in [-0.4, -0.2) is 24.6 Å². The van der Waals surface area contributed by atoms with Crippen LogP contribution in [0.5, 0.6) is 5.75 Å². The number of anilines is 1. The molecule has 0 saturated heterocycles. The van der Waals surface area contributed by atoms with Crippen LogP contribution >= 0.6 is 34.8 Å². The summed E-state index contributed by atoms with van der Waals surface area (Å²) < 4.78 is 5.19. The topological polar surface area (TPSA) is 79.8 Å². The molecule has 0 aliphatic carbocycles. The van der Waals surface area contributed by atoms with Crippen molar-refractivity contribution < 1.29 is 14.3 Å². The zero-order valence-electron chi connectivity index (χ0n) is 17.1. The lowest BCUT2D eigenvalue weighted by Crippen LogP contribution is -2.20. The van der Waals surface area contributed by atoms with Crippen molar-refractivity contribution in [2.75, 3.05) is 12.4 Å². The van der Waals surface area contributed by atoms with Crippen LogP contribution in [0.4, 0.5) is 5.69 Å². The van der Waals surface area contributed by atoms with E-state index in [0.717, 1.165) is 5.56 Å². The number of halogens is 3. The number of nitrogens with zero attached hydrogens (tertiary/aromatic N) is 1. The summed E-state index contributed by atoms with van der Waals surface area (Å²) in [5, 5.41) is 8.03. The maximum atomic E-state index is 12.4. The Hall–Kier alpha value is -3.06. The fourth-order valence-electron chi connectivity index (χ4n) is 2.78. The molecule has 0 radical (unpaired) electrons. The van der Waals surface area contributed by atoms with Gasteiger partial charge < -0.3 is 10.1 Å². The molecule has 32 heavy (non-hydrogen) atoms. The molecule has 3 rings (SSSR count). The molecular weight excluding hydrogens is 473 g/mol. The van der Waals surface area contributed by atoms with Crippen LogP contribution in [0.2, 0.25) is 15.1 Å². The van der Waals surface area contributed by atoms with Crippen LogP contribution in [-0.2, 0) is 0 Å². The number of carbonyl (C=O) groups excluding carboxylic acids is 2. The van der Waals surface area contributed by atoms with Crippen molar-refractivity contribution in [1.82, 2.24) is 5.43 Å². The molecule has 6 nitrogen and oxygen atoms in total. The first-order chi connectivity index (χ1) is 15.3. The van der Waals surface area contributed by atoms with E-state index in [4.69, 9.17) is 39.5 Å². The van der Waals surface area contributed by atoms with Gasteiger partial charge in [0.05, 0.1) is 29.0 Å². The average molecular weight is 491 g/mol. The second kappa shape index (κ2) is 10.5. The number of hydrogen-bond donors (Lipinski definition) is 2. The minimum atomic E-state index is -0.451. The van der Waals surface area contributed by atoms with E-state index < -0.39 is 5.91 Å². The van der Waals surface area contributed by atoms with E-state index in [1.165, 1.54) is 19.2 Å². The summed E-state index contributed by atoms with van der Waals surface area (Å²) in [6.45, 7) is 1.75. The van der Waals surface area contributed by atoms with Crippen LogP contribution in [0.15, 0.2) is 65.8 Å². The Bertz CT molecular complexity index is 1190. The predicted molar refractivity (Wildman–Crippen MR) is 129 cm³/mol. The number of nitrogens with one attached hydrogen (secondary N) is 2. The first kappa shape index (κ1) is 23.6. The van der Waals surface area contributed by atoms with E-state index in [-0.39, 0.29) is 16.5 Å². The van der Waals surface area contributed by atoms with Crippen molar-refractivity contribution in [3.05, 3.63) is 92.4 Å². The van der Waals surface area contributed by atoms with E-state index >= 15 is 0 Å². The maximum Gasteiger partial charge on any atom is 0.275 e. The Morgan fingerprint density at radius 1 is 0.844 bits per heavy atom. The minimum Gasteiger partial charge on any atom is -0.496 e. The van der Waals surface area contributed by atoms with E-state index in [1.807, 2.05) is 0 Å². The molecule has 0 unspecified atom stereocenters. The second-order valence-electron chi connectivity index (χ2n) is 6.64. The van der Waals surface area contributed by atoms with Crippen LogP contribution in [0.3, 0.4) is 0 Å². The van der Waals surface area contributed by atoms with Crippen molar-refractivity contribution in [2.45, 2.75) is 6.92 Å². The molecule has 3 aromatic carbocycles. The molecule has 0 saturated carbocycles. The number of amides is 2. The third-order valence-electron chi connectivity index (χ3n) is 4.47. The smallest absolute Gasteiger partial charge is 0.275 e. The summed E-state index contributed by atoms with van der Waals surface area (Å²) in [6.07, 6.45) is 0. The van der Waals surface area contributed by atoms with Gasteiger partial charge in [-0.05, 0) is 61.0 Å². The summed E-state index contributed by atoms with van der Waals surface area (Å²) in [7, 11) is 1.47. The summed E-state index contributed by atoms with van der Waals surface area (Å²) in [4.78, 5) is 24.9. The van der Waals surface area contributed by atoms with Gasteiger partial charge in [-0.2, -0.15) is 5.10 Å². The monoisotopic (exact) mass is 489 g/mol. The van der Waals surface area contributed by atoms with Crippen LogP contribution in [0.25, 0.3) is 0 Å². The first-order valence-electron chi connectivity index (χ1n) is 9.33. The van der Waals surface area contributed by atoms with Crippen molar-refractivity contribution in [1.29, 1.82) is 0 Å². The highest BCUT2D eigenvalue weighted by Gasteiger charge is 2.13. The molecule has 0 fully saturated rings. The lowest BCUT2D eigenvalue weighted by Gasteiger charge is -2.09. The molecule has 0 aromatic heterocycles. The van der Waals surface area contributed by atoms with Crippen molar-refractivity contribution in [3.8, 4) is 5.75 Å². The van der Waals surface area contributed by atoms with Crippen molar-refractivity contribution in [3.63, 3.8) is 0 Å². The average Bonchev–Trinajstić information content (AvgIpc) is 2.77. The van der Waals surface area contributed by atoms with Gasteiger partial charge in [-0.15, -0.1) is 0 Å². The van der Waals surface area contributed by atoms with Crippen LogP contribution in [0, 0.1) is 0 Å². The number of hydrazone groups is 1. The van der Waals surface area contributed by atoms with E-state index in [9.17, 15) is 9.59 Å². The molecule has 0 atom stereocenters. The number of ether oxygens (including phenoxy) is 1. The molecule has 0 spiro atoms. The normalized spacial score (nSPS) is 11.1. The molecule has 2 amide bonds. The Balaban J connectivity index is 1.67. The number of methoxy groups -OCH3 is 1. The molecule has 0 heterocycles. The molecule has 0 bridgehead atoms. The zero-order chi connectivity index (χ0) is 23.3.